The first-order valence-electron chi connectivity index (χ1n) is 10.7. The third-order valence-electron chi connectivity index (χ3n) is 5.57. The second kappa shape index (κ2) is 9.59. The van der Waals surface area contributed by atoms with Crippen LogP contribution in [0.2, 0.25) is 0 Å². The Labute approximate surface area is 170 Å². The van der Waals surface area contributed by atoms with Crippen molar-refractivity contribution < 1.29 is 0 Å². The number of unbranched alkanes of at least 4 members (excludes halogenated alkanes) is 1. The van der Waals surface area contributed by atoms with E-state index in [-0.39, 0.29) is 0 Å². The van der Waals surface area contributed by atoms with Crippen LogP contribution in [0.3, 0.4) is 0 Å². The minimum Gasteiger partial charge on any atom is -0.361 e. The van der Waals surface area contributed by atoms with Crippen molar-refractivity contribution >= 4 is 22.0 Å². The van der Waals surface area contributed by atoms with Gasteiger partial charge in [-0.25, -0.2) is 0 Å². The Morgan fingerprint density at radius 1 is 1.07 bits per heavy atom. The molecule has 146 valence electrons. The van der Waals surface area contributed by atoms with Crippen molar-refractivity contribution in [2.75, 3.05) is 0 Å². The summed E-state index contributed by atoms with van der Waals surface area (Å²) in [6.45, 7) is 11.2. The first-order chi connectivity index (χ1) is 13.6. The molecular formula is C27H33N. The summed E-state index contributed by atoms with van der Waals surface area (Å²) in [5.74, 6) is 0.713. The van der Waals surface area contributed by atoms with Gasteiger partial charge in [-0.2, -0.15) is 0 Å². The second-order valence-electron chi connectivity index (χ2n) is 7.90. The Morgan fingerprint density at radius 3 is 2.57 bits per heavy atom. The van der Waals surface area contributed by atoms with Gasteiger partial charge in [-0.05, 0) is 53.2 Å². The van der Waals surface area contributed by atoms with Crippen molar-refractivity contribution in [1.29, 1.82) is 0 Å². The highest BCUT2D eigenvalue weighted by Crippen LogP contribution is 2.33. The van der Waals surface area contributed by atoms with E-state index in [2.05, 4.69) is 87.1 Å². The number of hydrogen-bond acceptors (Lipinski definition) is 0. The average molecular weight is 372 g/mol. The average Bonchev–Trinajstić information content (AvgIpc) is 3.15. The monoisotopic (exact) mass is 371 g/mol. The fourth-order valence-corrected chi connectivity index (χ4v) is 3.96. The molecule has 1 atom stereocenters. The van der Waals surface area contributed by atoms with Crippen molar-refractivity contribution in [1.82, 2.24) is 4.98 Å². The third-order valence-corrected chi connectivity index (χ3v) is 5.57. The Hall–Kier alpha value is -2.54. The summed E-state index contributed by atoms with van der Waals surface area (Å²) in [4.78, 5) is 3.48. The maximum absolute atomic E-state index is 4.35. The quantitative estimate of drug-likeness (QED) is 0.390. The van der Waals surface area contributed by atoms with Crippen LogP contribution in [0.1, 0.15) is 69.6 Å². The minimum atomic E-state index is 0.713. The van der Waals surface area contributed by atoms with E-state index in [9.17, 15) is 0 Å². The third kappa shape index (κ3) is 4.65. The molecule has 1 heteroatoms. The maximum Gasteiger partial charge on any atom is 0.0460 e. The molecule has 0 amide bonds. The van der Waals surface area contributed by atoms with Gasteiger partial charge < -0.3 is 4.98 Å². The fraction of sp³-hybridized carbons (Fsp3) is 0.333. The lowest BCUT2D eigenvalue weighted by atomic mass is 9.90. The zero-order valence-electron chi connectivity index (χ0n) is 17.6. The van der Waals surface area contributed by atoms with Crippen LogP contribution in [0.15, 0.2) is 67.4 Å². The van der Waals surface area contributed by atoms with Gasteiger partial charge in [0, 0.05) is 22.7 Å². The lowest BCUT2D eigenvalue weighted by Crippen LogP contribution is -1.97. The predicted molar refractivity (Wildman–Crippen MR) is 124 cm³/mol. The summed E-state index contributed by atoms with van der Waals surface area (Å²) < 4.78 is 0. The lowest BCUT2D eigenvalue weighted by Gasteiger charge is -2.14. The largest absolute Gasteiger partial charge is 0.361 e. The number of rotatable bonds is 9. The highest BCUT2D eigenvalue weighted by molar-refractivity contribution is 5.95. The normalized spacial score (nSPS) is 13.0. The van der Waals surface area contributed by atoms with Crippen molar-refractivity contribution in [3.8, 4) is 0 Å². The van der Waals surface area contributed by atoms with E-state index in [0.717, 1.165) is 18.4 Å². The molecule has 3 rings (SSSR count). The Morgan fingerprint density at radius 2 is 1.86 bits per heavy atom. The van der Waals surface area contributed by atoms with Crippen molar-refractivity contribution in [2.45, 2.75) is 52.9 Å². The van der Waals surface area contributed by atoms with Crippen LogP contribution in [0.25, 0.3) is 22.0 Å². The summed E-state index contributed by atoms with van der Waals surface area (Å²) in [7, 11) is 0. The van der Waals surface area contributed by atoms with Crippen molar-refractivity contribution in [3.05, 3.63) is 84.1 Å². The number of fused-ring (bicyclic) bond motifs is 1. The summed E-state index contributed by atoms with van der Waals surface area (Å²) in [5, 5.41) is 1.30. The van der Waals surface area contributed by atoms with Gasteiger partial charge in [0.05, 0.1) is 0 Å². The number of hydrogen-bond donors (Lipinski definition) is 1. The Kier molecular flexibility index (Phi) is 6.92. The summed E-state index contributed by atoms with van der Waals surface area (Å²) in [6, 6.07) is 17.1. The first-order valence-corrected chi connectivity index (χ1v) is 10.7. The zero-order chi connectivity index (χ0) is 19.9. The number of aromatic nitrogens is 1. The summed E-state index contributed by atoms with van der Waals surface area (Å²) >= 11 is 0. The molecule has 2 aromatic carbocycles. The zero-order valence-corrected chi connectivity index (χ0v) is 17.6. The number of benzene rings is 2. The molecule has 0 aliphatic rings. The fourth-order valence-electron chi connectivity index (χ4n) is 3.96. The highest BCUT2D eigenvalue weighted by Gasteiger charge is 2.13. The number of allylic oxidation sites excluding steroid dienone is 2. The molecule has 0 aliphatic carbocycles. The molecule has 1 heterocycles. The minimum absolute atomic E-state index is 0.713. The van der Waals surface area contributed by atoms with E-state index in [1.54, 1.807) is 0 Å². The molecule has 0 aliphatic heterocycles. The van der Waals surface area contributed by atoms with Crippen LogP contribution in [-0.2, 0) is 0 Å². The van der Waals surface area contributed by atoms with Gasteiger partial charge in [0.15, 0.2) is 0 Å². The summed E-state index contributed by atoms with van der Waals surface area (Å²) in [5.41, 5.74) is 7.46. The van der Waals surface area contributed by atoms with E-state index in [4.69, 9.17) is 0 Å². The topological polar surface area (TPSA) is 15.8 Å². The maximum atomic E-state index is 4.35. The van der Waals surface area contributed by atoms with Gasteiger partial charge in [0.1, 0.15) is 0 Å². The molecule has 1 aromatic heterocycles. The van der Waals surface area contributed by atoms with Crippen LogP contribution in [-0.4, -0.2) is 4.98 Å². The van der Waals surface area contributed by atoms with E-state index in [0.29, 0.717) is 5.92 Å². The number of H-pyrrole nitrogens is 1. The van der Waals surface area contributed by atoms with Gasteiger partial charge in [-0.1, -0.05) is 89.1 Å². The molecule has 1 N–H and O–H groups in total. The first kappa shape index (κ1) is 20.2. The van der Waals surface area contributed by atoms with Gasteiger partial charge in [-0.3, -0.25) is 0 Å². The van der Waals surface area contributed by atoms with Crippen LogP contribution in [0.4, 0.5) is 0 Å². The van der Waals surface area contributed by atoms with Gasteiger partial charge >= 0.3 is 0 Å². The molecule has 1 unspecified atom stereocenters. The van der Waals surface area contributed by atoms with E-state index in [1.807, 2.05) is 6.07 Å². The molecule has 1 nitrogen and oxygen atoms in total. The molecule has 0 saturated heterocycles. The molecular weight excluding hydrogens is 338 g/mol. The molecule has 28 heavy (non-hydrogen) atoms. The highest BCUT2D eigenvalue weighted by atomic mass is 14.7. The molecule has 0 saturated carbocycles. The molecule has 0 radical (unpaired) electrons. The van der Waals surface area contributed by atoms with Crippen LogP contribution in [0.5, 0.6) is 0 Å². The smallest absolute Gasteiger partial charge is 0.0460 e. The van der Waals surface area contributed by atoms with Crippen LogP contribution >= 0.6 is 0 Å². The Balaban J connectivity index is 1.94. The summed E-state index contributed by atoms with van der Waals surface area (Å²) in [6.07, 6.45) is 10.7. The van der Waals surface area contributed by atoms with Crippen LogP contribution in [0, 0.1) is 5.92 Å². The Bertz CT molecular complexity index is 943. The standard InChI is InChI=1S/C27H33N/c1-5-7-12-20(3)17-24(11-6-2)26-19-28-27-16-15-23(18-25(26)27)21(4)22-13-9-8-10-14-22/h8-11,13-16,18-20,28H,4-7,12,17H2,1-3H3/b24-11+. The molecule has 0 bridgehead atoms. The lowest BCUT2D eigenvalue weighted by molar-refractivity contribution is 0.517. The molecule has 0 spiro atoms. The van der Waals surface area contributed by atoms with E-state index >= 15 is 0 Å². The van der Waals surface area contributed by atoms with Crippen molar-refractivity contribution in [2.24, 2.45) is 5.92 Å². The predicted octanol–water partition coefficient (Wildman–Crippen LogP) is 8.24. The van der Waals surface area contributed by atoms with Gasteiger partial charge in [0.2, 0.25) is 0 Å². The van der Waals surface area contributed by atoms with Gasteiger partial charge in [-0.15, -0.1) is 0 Å². The number of nitrogens with one attached hydrogen (secondary N) is 1. The van der Waals surface area contributed by atoms with Crippen molar-refractivity contribution in [3.63, 3.8) is 0 Å². The molecule has 3 aromatic rings. The van der Waals surface area contributed by atoms with Crippen LogP contribution < -0.4 is 0 Å². The van der Waals surface area contributed by atoms with E-state index < -0.39 is 0 Å². The van der Waals surface area contributed by atoms with Gasteiger partial charge in [0.25, 0.3) is 0 Å². The SMILES string of the molecule is C=C(c1ccccc1)c1ccc2[nH]cc(/C(=C/CC)CC(C)CCCC)c2c1. The second-order valence-corrected chi connectivity index (χ2v) is 7.90. The molecule has 0 fully saturated rings. The number of aromatic amines is 1. The van der Waals surface area contributed by atoms with E-state index in [1.165, 1.54) is 52.4 Å².